The third-order valence-electron chi connectivity index (χ3n) is 3.71. The maximum atomic E-state index is 9.49. The van der Waals surface area contributed by atoms with E-state index in [1.807, 2.05) is 32.4 Å². The minimum Gasteiger partial charge on any atom is -0.328 e. The Kier molecular flexibility index (Phi) is 3.15. The zero-order valence-electron chi connectivity index (χ0n) is 11.8. The van der Waals surface area contributed by atoms with Gasteiger partial charge in [-0.15, -0.1) is 11.8 Å². The van der Waals surface area contributed by atoms with Crippen molar-refractivity contribution < 1.29 is 0 Å². The van der Waals surface area contributed by atoms with Gasteiger partial charge in [-0.1, -0.05) is 25.1 Å². The van der Waals surface area contributed by atoms with Gasteiger partial charge < -0.3 is 4.57 Å². The standard InChI is InChI=1S/C16H15N3S/c1-4-12-11(9-17)15(20-3)14-10-7-5-6-8-13(10)19(2)16(14)18-12/h5-8H,4H2,1-3H3. The molecule has 4 heteroatoms. The van der Waals surface area contributed by atoms with Crippen LogP contribution in [0.2, 0.25) is 0 Å². The van der Waals surface area contributed by atoms with Gasteiger partial charge >= 0.3 is 0 Å². The lowest BCUT2D eigenvalue weighted by Gasteiger charge is -2.08. The van der Waals surface area contributed by atoms with E-state index in [0.717, 1.165) is 39.1 Å². The highest BCUT2D eigenvalue weighted by Gasteiger charge is 2.18. The lowest BCUT2D eigenvalue weighted by atomic mass is 10.1. The van der Waals surface area contributed by atoms with Crippen LogP contribution in [0, 0.1) is 11.3 Å². The van der Waals surface area contributed by atoms with E-state index in [1.165, 1.54) is 5.39 Å². The number of nitriles is 1. The molecule has 0 bridgehead atoms. The second-order valence-corrected chi connectivity index (χ2v) is 5.52. The highest BCUT2D eigenvalue weighted by molar-refractivity contribution is 7.98. The maximum absolute atomic E-state index is 9.49. The van der Waals surface area contributed by atoms with E-state index in [2.05, 4.69) is 22.8 Å². The fourth-order valence-corrected chi connectivity index (χ4v) is 3.52. The molecule has 0 N–H and O–H groups in total. The zero-order chi connectivity index (χ0) is 14.3. The first-order valence-electron chi connectivity index (χ1n) is 6.57. The van der Waals surface area contributed by atoms with E-state index >= 15 is 0 Å². The van der Waals surface area contributed by atoms with Crippen LogP contribution in [0.4, 0.5) is 0 Å². The number of aromatic nitrogens is 2. The first kappa shape index (κ1) is 13.0. The summed E-state index contributed by atoms with van der Waals surface area (Å²) in [6, 6.07) is 10.6. The van der Waals surface area contributed by atoms with Crippen LogP contribution in [0.3, 0.4) is 0 Å². The molecular formula is C16H15N3S. The molecule has 0 amide bonds. The van der Waals surface area contributed by atoms with Gasteiger partial charge in [-0.2, -0.15) is 5.26 Å². The number of thioether (sulfide) groups is 1. The van der Waals surface area contributed by atoms with Crippen molar-refractivity contribution in [1.82, 2.24) is 9.55 Å². The van der Waals surface area contributed by atoms with E-state index in [-0.39, 0.29) is 0 Å². The van der Waals surface area contributed by atoms with Gasteiger partial charge in [0.15, 0.2) is 0 Å². The Balaban J connectivity index is 2.62. The largest absolute Gasteiger partial charge is 0.328 e. The maximum Gasteiger partial charge on any atom is 0.142 e. The fourth-order valence-electron chi connectivity index (χ4n) is 2.75. The van der Waals surface area contributed by atoms with Crippen molar-refractivity contribution in [2.75, 3.05) is 6.26 Å². The minimum absolute atomic E-state index is 0.726. The number of para-hydroxylation sites is 1. The number of nitrogens with zero attached hydrogens (tertiary/aromatic N) is 3. The van der Waals surface area contributed by atoms with Crippen molar-refractivity contribution in [3.05, 3.63) is 35.5 Å². The Hall–Kier alpha value is -1.99. The molecule has 100 valence electrons. The molecule has 0 radical (unpaired) electrons. The van der Waals surface area contributed by atoms with Crippen LogP contribution in [0.15, 0.2) is 29.2 Å². The first-order valence-corrected chi connectivity index (χ1v) is 7.79. The monoisotopic (exact) mass is 281 g/mol. The van der Waals surface area contributed by atoms with Gasteiger partial charge in [0, 0.05) is 22.7 Å². The highest BCUT2D eigenvalue weighted by atomic mass is 32.2. The summed E-state index contributed by atoms with van der Waals surface area (Å²) >= 11 is 1.63. The van der Waals surface area contributed by atoms with E-state index in [9.17, 15) is 5.26 Å². The minimum atomic E-state index is 0.726. The van der Waals surface area contributed by atoms with Crippen LogP contribution in [0.5, 0.6) is 0 Å². The summed E-state index contributed by atoms with van der Waals surface area (Å²) in [6.07, 6.45) is 2.80. The molecule has 3 aromatic rings. The number of pyridine rings is 1. The summed E-state index contributed by atoms with van der Waals surface area (Å²) in [7, 11) is 2.03. The van der Waals surface area contributed by atoms with Crippen molar-refractivity contribution in [2.24, 2.45) is 7.05 Å². The Labute approximate surface area is 122 Å². The molecule has 0 saturated carbocycles. The lowest BCUT2D eigenvalue weighted by molar-refractivity contribution is 0.953. The van der Waals surface area contributed by atoms with Crippen molar-refractivity contribution in [3.63, 3.8) is 0 Å². The normalized spacial score (nSPS) is 11.1. The third kappa shape index (κ3) is 1.63. The molecule has 0 aliphatic carbocycles. The summed E-state index contributed by atoms with van der Waals surface area (Å²) in [4.78, 5) is 5.78. The van der Waals surface area contributed by atoms with Crippen LogP contribution in [0.1, 0.15) is 18.2 Å². The van der Waals surface area contributed by atoms with Crippen LogP contribution < -0.4 is 0 Å². The number of aryl methyl sites for hydroxylation is 2. The smallest absolute Gasteiger partial charge is 0.142 e. The summed E-state index contributed by atoms with van der Waals surface area (Å²) in [5.74, 6) is 0. The van der Waals surface area contributed by atoms with E-state index in [4.69, 9.17) is 4.98 Å². The number of rotatable bonds is 2. The molecule has 0 unspecified atom stereocenters. The summed E-state index contributed by atoms with van der Waals surface area (Å²) in [6.45, 7) is 2.04. The molecular weight excluding hydrogens is 266 g/mol. The van der Waals surface area contributed by atoms with Gasteiger partial charge in [0.05, 0.1) is 16.8 Å². The van der Waals surface area contributed by atoms with Crippen LogP contribution >= 0.6 is 11.8 Å². The zero-order valence-corrected chi connectivity index (χ0v) is 12.6. The average Bonchev–Trinajstić information content (AvgIpc) is 2.78. The Morgan fingerprint density at radius 2 is 2.10 bits per heavy atom. The van der Waals surface area contributed by atoms with Crippen LogP contribution in [0.25, 0.3) is 21.9 Å². The predicted molar refractivity (Wildman–Crippen MR) is 84.1 cm³/mol. The van der Waals surface area contributed by atoms with Crippen molar-refractivity contribution in [1.29, 1.82) is 5.26 Å². The molecule has 1 aromatic carbocycles. The molecule has 0 saturated heterocycles. The van der Waals surface area contributed by atoms with Crippen LogP contribution in [-0.4, -0.2) is 15.8 Å². The SMILES string of the molecule is CCc1nc2c(c(SC)c1C#N)c1ccccc1n2C. The Bertz CT molecular complexity index is 856. The molecule has 0 spiro atoms. The van der Waals surface area contributed by atoms with Gasteiger partial charge in [0.1, 0.15) is 11.7 Å². The first-order chi connectivity index (χ1) is 9.72. The molecule has 0 fully saturated rings. The predicted octanol–water partition coefficient (Wildman–Crippen LogP) is 3.88. The van der Waals surface area contributed by atoms with Crippen molar-refractivity contribution >= 4 is 33.7 Å². The number of hydrogen-bond donors (Lipinski definition) is 0. The summed E-state index contributed by atoms with van der Waals surface area (Å²) < 4.78 is 2.12. The molecule has 0 aliphatic heterocycles. The van der Waals surface area contributed by atoms with Gasteiger partial charge in [0.25, 0.3) is 0 Å². The van der Waals surface area contributed by atoms with Gasteiger partial charge in [-0.3, -0.25) is 0 Å². The second-order valence-electron chi connectivity index (χ2n) is 4.71. The Morgan fingerprint density at radius 3 is 2.75 bits per heavy atom. The molecule has 3 nitrogen and oxygen atoms in total. The van der Waals surface area contributed by atoms with Crippen LogP contribution in [-0.2, 0) is 13.5 Å². The summed E-state index contributed by atoms with van der Waals surface area (Å²) in [5.41, 5.74) is 3.73. The third-order valence-corrected chi connectivity index (χ3v) is 4.53. The molecule has 2 aromatic heterocycles. The van der Waals surface area contributed by atoms with Gasteiger partial charge in [-0.25, -0.2) is 4.98 Å². The molecule has 0 aliphatic rings. The highest BCUT2D eigenvalue weighted by Crippen LogP contribution is 2.37. The van der Waals surface area contributed by atoms with Gasteiger partial charge in [0.2, 0.25) is 0 Å². The Morgan fingerprint density at radius 1 is 1.35 bits per heavy atom. The second kappa shape index (κ2) is 4.84. The van der Waals surface area contributed by atoms with Gasteiger partial charge in [-0.05, 0) is 18.7 Å². The molecule has 0 atom stereocenters. The summed E-state index contributed by atoms with van der Waals surface area (Å²) in [5, 5.41) is 11.8. The van der Waals surface area contributed by atoms with E-state index in [0.29, 0.717) is 0 Å². The lowest BCUT2D eigenvalue weighted by Crippen LogP contribution is -1.99. The topological polar surface area (TPSA) is 41.6 Å². The average molecular weight is 281 g/mol. The molecule has 2 heterocycles. The number of hydrogen-bond acceptors (Lipinski definition) is 3. The van der Waals surface area contributed by atoms with Crippen molar-refractivity contribution in [2.45, 2.75) is 18.2 Å². The molecule has 20 heavy (non-hydrogen) atoms. The number of benzene rings is 1. The van der Waals surface area contributed by atoms with Crippen molar-refractivity contribution in [3.8, 4) is 6.07 Å². The molecule has 3 rings (SSSR count). The number of fused-ring (bicyclic) bond motifs is 3. The van der Waals surface area contributed by atoms with E-state index in [1.54, 1.807) is 11.8 Å². The fraction of sp³-hybridized carbons (Fsp3) is 0.250. The van der Waals surface area contributed by atoms with E-state index < -0.39 is 0 Å². The quantitative estimate of drug-likeness (QED) is 0.669.